The molecule has 0 aliphatic carbocycles. The highest BCUT2D eigenvalue weighted by Gasteiger charge is 2.03. The first-order chi connectivity index (χ1) is 7.97. The van der Waals surface area contributed by atoms with Crippen molar-refractivity contribution in [1.82, 2.24) is 0 Å². The summed E-state index contributed by atoms with van der Waals surface area (Å²) in [6.45, 7) is 1.33. The van der Waals surface area contributed by atoms with Crippen molar-refractivity contribution in [3.63, 3.8) is 0 Å². The van der Waals surface area contributed by atoms with Crippen molar-refractivity contribution in [3.05, 3.63) is 30.3 Å². The normalized spacial score (nSPS) is 12.0. The summed E-state index contributed by atoms with van der Waals surface area (Å²) in [6.07, 6.45) is 0. The molecule has 3 N–H and O–H groups in total. The van der Waals surface area contributed by atoms with Gasteiger partial charge in [0.2, 0.25) is 0 Å². The van der Waals surface area contributed by atoms with Crippen molar-refractivity contribution in [2.45, 2.75) is 26.5 Å². The summed E-state index contributed by atoms with van der Waals surface area (Å²) in [7, 11) is 0. The third kappa shape index (κ3) is 8.59. The quantitative estimate of drug-likeness (QED) is 0.858. The average molecular weight is 247 g/mol. The third-order valence-electron chi connectivity index (χ3n) is 2.04. The van der Waals surface area contributed by atoms with E-state index < -0.39 is 6.61 Å². The van der Waals surface area contributed by atoms with Gasteiger partial charge in [-0.05, 0) is 18.1 Å². The maximum Gasteiger partial charge on any atom is 0.387 e. The van der Waals surface area contributed by atoms with Crippen LogP contribution in [0.2, 0.25) is 0 Å². The molecule has 0 fully saturated rings. The lowest BCUT2D eigenvalue weighted by Crippen LogP contribution is -2.29. The first-order valence-corrected chi connectivity index (χ1v) is 5.33. The lowest BCUT2D eigenvalue weighted by Gasteiger charge is -2.10. The molecule has 0 amide bonds. The second-order valence-electron chi connectivity index (χ2n) is 3.78. The summed E-state index contributed by atoms with van der Waals surface area (Å²) in [5.41, 5.74) is 5.37. The van der Waals surface area contributed by atoms with E-state index in [1.54, 1.807) is 18.2 Å². The van der Waals surface area contributed by atoms with Crippen LogP contribution in [0.5, 0.6) is 5.75 Å². The highest BCUT2D eigenvalue weighted by Crippen LogP contribution is 2.11. The predicted octanol–water partition coefficient (Wildman–Crippen LogP) is 2.25. The molecule has 0 aliphatic heterocycles. The number of hydrogen-bond acceptors (Lipinski definition) is 3. The largest absolute Gasteiger partial charge is 0.435 e. The Hall–Kier alpha value is -1.20. The van der Waals surface area contributed by atoms with Gasteiger partial charge in [-0.15, -0.1) is 0 Å². The summed E-state index contributed by atoms with van der Waals surface area (Å²) in [5, 5.41) is 8.38. The minimum Gasteiger partial charge on any atom is -0.435 e. The zero-order valence-corrected chi connectivity index (χ0v) is 10.0. The Kier molecular flexibility index (Phi) is 8.27. The van der Waals surface area contributed by atoms with Gasteiger partial charge in [-0.25, -0.2) is 0 Å². The molecule has 1 aromatic carbocycles. The molecular weight excluding hydrogens is 228 g/mol. The molecule has 0 heterocycles. The van der Waals surface area contributed by atoms with Gasteiger partial charge in [0.25, 0.3) is 0 Å². The van der Waals surface area contributed by atoms with Crippen LogP contribution in [-0.2, 0) is 0 Å². The Morgan fingerprint density at radius 1 is 1.24 bits per heavy atom. The first kappa shape index (κ1) is 15.8. The van der Waals surface area contributed by atoms with Crippen LogP contribution < -0.4 is 10.5 Å². The van der Waals surface area contributed by atoms with E-state index in [0.717, 1.165) is 0 Å². The molecule has 0 aliphatic rings. The number of alkyl halides is 2. The Morgan fingerprint density at radius 3 is 2.06 bits per heavy atom. The number of aliphatic hydroxyl groups excluding tert-OH is 1. The lowest BCUT2D eigenvalue weighted by atomic mass is 10.1. The van der Waals surface area contributed by atoms with Gasteiger partial charge in [-0.1, -0.05) is 32.0 Å². The van der Waals surface area contributed by atoms with Crippen molar-refractivity contribution >= 4 is 0 Å². The highest BCUT2D eigenvalue weighted by molar-refractivity contribution is 5.20. The number of benzene rings is 1. The monoisotopic (exact) mass is 247 g/mol. The molecule has 3 nitrogen and oxygen atoms in total. The zero-order chi connectivity index (χ0) is 13.3. The van der Waals surface area contributed by atoms with Gasteiger partial charge in [0, 0.05) is 6.04 Å². The van der Waals surface area contributed by atoms with Crippen LogP contribution in [0.25, 0.3) is 0 Å². The van der Waals surface area contributed by atoms with E-state index >= 15 is 0 Å². The minimum absolute atomic E-state index is 0.0417. The van der Waals surface area contributed by atoms with Crippen molar-refractivity contribution in [2.24, 2.45) is 11.7 Å². The van der Waals surface area contributed by atoms with E-state index in [-0.39, 0.29) is 18.4 Å². The van der Waals surface area contributed by atoms with Gasteiger partial charge < -0.3 is 15.6 Å². The molecule has 5 heteroatoms. The number of ether oxygens (including phenoxy) is 1. The fraction of sp³-hybridized carbons (Fsp3) is 0.500. The van der Waals surface area contributed by atoms with Gasteiger partial charge >= 0.3 is 6.61 Å². The minimum atomic E-state index is -2.73. The maximum absolute atomic E-state index is 11.5. The van der Waals surface area contributed by atoms with E-state index in [2.05, 4.69) is 4.74 Å². The van der Waals surface area contributed by atoms with Crippen LogP contribution in [0.4, 0.5) is 8.78 Å². The molecule has 1 aromatic rings. The van der Waals surface area contributed by atoms with Gasteiger partial charge in [0.1, 0.15) is 5.75 Å². The van der Waals surface area contributed by atoms with Gasteiger partial charge in [0.15, 0.2) is 0 Å². The first-order valence-electron chi connectivity index (χ1n) is 5.33. The van der Waals surface area contributed by atoms with Crippen molar-refractivity contribution < 1.29 is 18.6 Å². The Labute approximate surface area is 100 Å². The SMILES string of the molecule is CC(C)C(N)CO.FC(F)Oc1ccccc1. The second-order valence-corrected chi connectivity index (χ2v) is 3.78. The van der Waals surface area contributed by atoms with E-state index in [4.69, 9.17) is 10.8 Å². The standard InChI is InChI=1S/C7H6F2O.C5H13NO/c8-7(9)10-6-4-2-1-3-5-6;1-4(2)5(6)3-7/h1-5,7H;4-5,7H,3,6H2,1-2H3. The van der Waals surface area contributed by atoms with E-state index in [1.165, 1.54) is 12.1 Å². The maximum atomic E-state index is 11.5. The predicted molar refractivity (Wildman–Crippen MR) is 63.0 cm³/mol. The van der Waals surface area contributed by atoms with Gasteiger partial charge in [-0.3, -0.25) is 0 Å². The molecule has 0 radical (unpaired) electrons. The molecule has 1 unspecified atom stereocenters. The molecule has 0 spiro atoms. The van der Waals surface area contributed by atoms with Crippen LogP contribution in [-0.4, -0.2) is 24.4 Å². The summed E-state index contributed by atoms with van der Waals surface area (Å²) in [5.74, 6) is 0.586. The number of hydrogen-bond donors (Lipinski definition) is 2. The smallest absolute Gasteiger partial charge is 0.387 e. The van der Waals surface area contributed by atoms with Crippen LogP contribution in [0.15, 0.2) is 30.3 Å². The van der Waals surface area contributed by atoms with Crippen LogP contribution in [0.1, 0.15) is 13.8 Å². The fourth-order valence-corrected chi connectivity index (χ4v) is 0.813. The van der Waals surface area contributed by atoms with E-state index in [1.807, 2.05) is 13.8 Å². The molecule has 1 atom stereocenters. The summed E-state index contributed by atoms with van der Waals surface area (Å²) in [6, 6.07) is 7.92. The van der Waals surface area contributed by atoms with E-state index in [9.17, 15) is 8.78 Å². The molecule has 1 rings (SSSR count). The number of para-hydroxylation sites is 1. The Morgan fingerprint density at radius 2 is 1.76 bits per heavy atom. The summed E-state index contributed by atoms with van der Waals surface area (Å²) >= 11 is 0. The lowest BCUT2D eigenvalue weighted by molar-refractivity contribution is -0.0498. The molecule has 0 saturated carbocycles. The molecule has 0 saturated heterocycles. The number of rotatable bonds is 4. The topological polar surface area (TPSA) is 55.5 Å². The second kappa shape index (κ2) is 8.90. The fourth-order valence-electron chi connectivity index (χ4n) is 0.813. The average Bonchev–Trinajstić information content (AvgIpc) is 2.29. The summed E-state index contributed by atoms with van der Waals surface area (Å²) in [4.78, 5) is 0. The Bertz CT molecular complexity index is 281. The highest BCUT2D eigenvalue weighted by atomic mass is 19.3. The third-order valence-corrected chi connectivity index (χ3v) is 2.04. The number of nitrogens with two attached hydrogens (primary N) is 1. The van der Waals surface area contributed by atoms with Crippen LogP contribution in [0, 0.1) is 5.92 Å². The molecule has 17 heavy (non-hydrogen) atoms. The number of halogens is 2. The van der Waals surface area contributed by atoms with Crippen molar-refractivity contribution in [1.29, 1.82) is 0 Å². The van der Waals surface area contributed by atoms with Gasteiger partial charge in [0.05, 0.1) is 6.61 Å². The van der Waals surface area contributed by atoms with Crippen LogP contribution >= 0.6 is 0 Å². The molecule has 0 bridgehead atoms. The molecular formula is C12H19F2NO2. The molecule has 98 valence electrons. The summed E-state index contributed by atoms with van der Waals surface area (Å²) < 4.78 is 27.1. The van der Waals surface area contributed by atoms with Crippen molar-refractivity contribution in [2.75, 3.05) is 6.61 Å². The number of aliphatic hydroxyl groups is 1. The Balaban J connectivity index is 0.000000325. The zero-order valence-electron chi connectivity index (χ0n) is 10.0. The van der Waals surface area contributed by atoms with Gasteiger partial charge in [-0.2, -0.15) is 8.78 Å². The van der Waals surface area contributed by atoms with E-state index in [0.29, 0.717) is 5.92 Å². The van der Waals surface area contributed by atoms with Crippen LogP contribution in [0.3, 0.4) is 0 Å². The van der Waals surface area contributed by atoms with Crippen molar-refractivity contribution in [3.8, 4) is 5.75 Å². The molecule has 0 aromatic heterocycles.